The third-order valence-corrected chi connectivity index (χ3v) is 3.04. The molecule has 4 nitrogen and oxygen atoms in total. The maximum atomic E-state index is 5.75. The number of hydrogen-bond donors (Lipinski definition) is 1. The lowest BCUT2D eigenvalue weighted by Crippen LogP contribution is -2.04. The van der Waals surface area contributed by atoms with Crippen LogP contribution in [0.25, 0.3) is 6.08 Å². The van der Waals surface area contributed by atoms with Crippen molar-refractivity contribution in [3.05, 3.63) is 40.9 Å². The van der Waals surface area contributed by atoms with Crippen LogP contribution in [-0.2, 0) is 6.54 Å². The summed E-state index contributed by atoms with van der Waals surface area (Å²) < 4.78 is 5.75. The zero-order valence-electron chi connectivity index (χ0n) is 10.4. The number of nitrogens with one attached hydrogen (secondary N) is 1. The Morgan fingerprint density at radius 3 is 2.94 bits per heavy atom. The first-order valence-corrected chi connectivity index (χ1v) is 6.51. The molecular weight excluding hydrogens is 246 g/mol. The Kier molecular flexibility index (Phi) is 4.44. The highest BCUT2D eigenvalue weighted by Crippen LogP contribution is 2.28. The average molecular weight is 261 g/mol. The molecule has 2 rings (SSSR count). The van der Waals surface area contributed by atoms with Crippen molar-refractivity contribution in [3.63, 3.8) is 0 Å². The molecule has 0 amide bonds. The van der Waals surface area contributed by atoms with Crippen LogP contribution < -0.4 is 10.1 Å². The van der Waals surface area contributed by atoms with E-state index in [1.807, 2.05) is 50.4 Å². The summed E-state index contributed by atoms with van der Waals surface area (Å²) in [6.07, 6.45) is 3.99. The number of nitrogens with zero attached hydrogens (tertiary/aromatic N) is 2. The van der Waals surface area contributed by atoms with Crippen LogP contribution in [-0.4, -0.2) is 17.2 Å². The molecule has 0 radical (unpaired) electrons. The summed E-state index contributed by atoms with van der Waals surface area (Å²) in [5.74, 6) is 0.794. The van der Waals surface area contributed by atoms with E-state index >= 15 is 0 Å². The molecule has 0 fully saturated rings. The van der Waals surface area contributed by atoms with Crippen molar-refractivity contribution >= 4 is 17.4 Å². The van der Waals surface area contributed by atoms with Gasteiger partial charge in [-0.15, -0.1) is 5.10 Å². The molecule has 1 aromatic heterocycles. The van der Waals surface area contributed by atoms with E-state index in [0.29, 0.717) is 11.7 Å². The van der Waals surface area contributed by atoms with Gasteiger partial charge in [0.15, 0.2) is 0 Å². The average Bonchev–Trinajstić information content (AvgIpc) is 2.80. The van der Waals surface area contributed by atoms with Gasteiger partial charge in [-0.1, -0.05) is 46.8 Å². The topological polar surface area (TPSA) is 47.0 Å². The van der Waals surface area contributed by atoms with Crippen LogP contribution in [0, 0.1) is 0 Å². The lowest BCUT2D eigenvalue weighted by molar-refractivity contribution is 0.472. The molecule has 0 aliphatic heterocycles. The molecule has 0 spiro atoms. The van der Waals surface area contributed by atoms with Crippen LogP contribution in [0.5, 0.6) is 10.9 Å². The predicted octanol–water partition coefficient (Wildman–Crippen LogP) is 3.08. The van der Waals surface area contributed by atoms with Gasteiger partial charge >= 0.3 is 0 Å². The highest BCUT2D eigenvalue weighted by atomic mass is 32.1. The number of hydrogen-bond acceptors (Lipinski definition) is 5. The van der Waals surface area contributed by atoms with Crippen molar-refractivity contribution in [1.82, 2.24) is 15.5 Å². The van der Waals surface area contributed by atoms with E-state index in [1.54, 1.807) is 0 Å². The fraction of sp³-hybridized carbons (Fsp3) is 0.231. The van der Waals surface area contributed by atoms with Gasteiger partial charge in [0, 0.05) is 12.1 Å². The summed E-state index contributed by atoms with van der Waals surface area (Å²) in [7, 11) is 1.88. The summed E-state index contributed by atoms with van der Waals surface area (Å²) in [5.41, 5.74) is 1.03. The van der Waals surface area contributed by atoms with E-state index in [9.17, 15) is 0 Å². The summed E-state index contributed by atoms with van der Waals surface area (Å²) >= 11 is 1.45. The third kappa shape index (κ3) is 3.15. The molecule has 0 bridgehead atoms. The molecule has 1 heterocycles. The van der Waals surface area contributed by atoms with Crippen LogP contribution in [0.3, 0.4) is 0 Å². The minimum atomic E-state index is 0.567. The van der Waals surface area contributed by atoms with Gasteiger partial charge in [-0.05, 0) is 20.0 Å². The molecule has 18 heavy (non-hydrogen) atoms. The zero-order chi connectivity index (χ0) is 12.8. The first-order chi connectivity index (χ1) is 8.83. The number of ether oxygens (including phenoxy) is 1. The Bertz CT molecular complexity index is 537. The van der Waals surface area contributed by atoms with E-state index < -0.39 is 0 Å². The number of aromatic nitrogens is 2. The van der Waals surface area contributed by atoms with Crippen molar-refractivity contribution in [2.75, 3.05) is 7.05 Å². The lowest BCUT2D eigenvalue weighted by Gasteiger charge is -2.04. The van der Waals surface area contributed by atoms with E-state index in [0.717, 1.165) is 16.3 Å². The van der Waals surface area contributed by atoms with Gasteiger partial charge < -0.3 is 10.1 Å². The van der Waals surface area contributed by atoms with Gasteiger partial charge in [0.1, 0.15) is 10.8 Å². The van der Waals surface area contributed by atoms with Crippen LogP contribution in [0.4, 0.5) is 0 Å². The Labute approximate surface area is 110 Å². The van der Waals surface area contributed by atoms with Gasteiger partial charge in [0.25, 0.3) is 5.19 Å². The van der Waals surface area contributed by atoms with Crippen LogP contribution in [0.15, 0.2) is 30.3 Å². The van der Waals surface area contributed by atoms with Crippen molar-refractivity contribution in [2.45, 2.75) is 13.5 Å². The maximum Gasteiger partial charge on any atom is 0.299 e. The fourth-order valence-electron chi connectivity index (χ4n) is 1.49. The highest BCUT2D eigenvalue weighted by Gasteiger charge is 2.07. The molecule has 0 unspecified atom stereocenters. The Morgan fingerprint density at radius 2 is 2.17 bits per heavy atom. The normalized spacial score (nSPS) is 11.0. The van der Waals surface area contributed by atoms with Crippen LogP contribution >= 0.6 is 11.3 Å². The van der Waals surface area contributed by atoms with E-state index in [2.05, 4.69) is 15.5 Å². The molecule has 1 N–H and O–H groups in total. The summed E-state index contributed by atoms with van der Waals surface area (Å²) in [5, 5.41) is 12.6. The third-order valence-electron chi connectivity index (χ3n) is 2.24. The summed E-state index contributed by atoms with van der Waals surface area (Å²) in [4.78, 5) is 0. The summed E-state index contributed by atoms with van der Waals surface area (Å²) in [6, 6.07) is 7.85. The monoisotopic (exact) mass is 261 g/mol. The minimum absolute atomic E-state index is 0.567. The molecule has 0 aliphatic rings. The quantitative estimate of drug-likeness (QED) is 0.898. The largest absolute Gasteiger partial charge is 0.429 e. The van der Waals surface area contributed by atoms with E-state index in [-0.39, 0.29) is 0 Å². The highest BCUT2D eigenvalue weighted by molar-refractivity contribution is 7.13. The second-order valence-electron chi connectivity index (χ2n) is 3.63. The first kappa shape index (κ1) is 12.7. The van der Waals surface area contributed by atoms with Crippen molar-refractivity contribution < 1.29 is 4.74 Å². The van der Waals surface area contributed by atoms with Crippen LogP contribution in [0.1, 0.15) is 17.5 Å². The molecule has 0 aliphatic carbocycles. The second kappa shape index (κ2) is 6.28. The number of benzene rings is 1. The van der Waals surface area contributed by atoms with Crippen LogP contribution in [0.2, 0.25) is 0 Å². The zero-order valence-corrected chi connectivity index (χ0v) is 11.2. The van der Waals surface area contributed by atoms with Crippen molar-refractivity contribution in [1.29, 1.82) is 0 Å². The molecule has 1 aromatic carbocycles. The van der Waals surface area contributed by atoms with Gasteiger partial charge in [-0.3, -0.25) is 0 Å². The number of para-hydroxylation sites is 1. The predicted molar refractivity (Wildman–Crippen MR) is 73.9 cm³/mol. The molecule has 0 atom stereocenters. The van der Waals surface area contributed by atoms with Gasteiger partial charge in [-0.25, -0.2) is 0 Å². The number of rotatable bonds is 5. The van der Waals surface area contributed by atoms with E-state index in [4.69, 9.17) is 4.74 Å². The molecular formula is C13H15N3OS. The van der Waals surface area contributed by atoms with E-state index in [1.165, 1.54) is 11.3 Å². The molecule has 5 heteroatoms. The number of allylic oxidation sites excluding steroid dienone is 1. The smallest absolute Gasteiger partial charge is 0.299 e. The first-order valence-electron chi connectivity index (χ1n) is 5.70. The Hall–Kier alpha value is -1.72. The lowest BCUT2D eigenvalue weighted by atomic mass is 10.2. The molecule has 2 aromatic rings. The SMILES string of the molecule is C/C=C/c1ccccc1Oc1nnc(CNC)s1. The molecule has 0 saturated heterocycles. The van der Waals surface area contributed by atoms with Gasteiger partial charge in [0.2, 0.25) is 0 Å². The van der Waals surface area contributed by atoms with Crippen molar-refractivity contribution in [2.24, 2.45) is 0 Å². The maximum absolute atomic E-state index is 5.75. The summed E-state index contributed by atoms with van der Waals surface area (Å²) in [6.45, 7) is 2.68. The standard InChI is InChI=1S/C13H15N3OS/c1-3-6-10-7-4-5-8-11(10)17-13-16-15-12(18-13)9-14-2/h3-8,14H,9H2,1-2H3/b6-3+. The Morgan fingerprint density at radius 1 is 1.33 bits per heavy atom. The Balaban J connectivity index is 2.17. The van der Waals surface area contributed by atoms with Gasteiger partial charge in [0.05, 0.1) is 0 Å². The minimum Gasteiger partial charge on any atom is -0.429 e. The molecule has 0 saturated carbocycles. The molecule has 94 valence electrons. The van der Waals surface area contributed by atoms with Gasteiger partial charge in [-0.2, -0.15) is 0 Å². The fourth-order valence-corrected chi connectivity index (χ4v) is 2.20. The van der Waals surface area contributed by atoms with Crippen molar-refractivity contribution in [3.8, 4) is 10.9 Å². The second-order valence-corrected chi connectivity index (χ2v) is 4.66.